The van der Waals surface area contributed by atoms with Crippen LogP contribution in [0.2, 0.25) is 0 Å². The molecule has 0 spiro atoms. The van der Waals surface area contributed by atoms with Crippen molar-refractivity contribution in [2.24, 2.45) is 5.84 Å². The topological polar surface area (TPSA) is 119 Å². The molecule has 8 nitrogen and oxygen atoms in total. The molecule has 0 aliphatic heterocycles. The summed E-state index contributed by atoms with van der Waals surface area (Å²) in [6, 6.07) is 5.29. The number of hydrazine groups is 1. The maximum atomic E-state index is 12.8. The van der Waals surface area contributed by atoms with E-state index in [-0.39, 0.29) is 11.6 Å². The number of anilines is 3. The number of nitrogen functional groups attached to an aromatic ring is 1. The molecule has 0 unspecified atom stereocenters. The average Bonchev–Trinajstić information content (AvgIpc) is 2.40. The fourth-order valence-corrected chi connectivity index (χ4v) is 1.42. The number of halogens is 1. The van der Waals surface area contributed by atoms with E-state index >= 15 is 0 Å². The molecule has 0 radical (unpaired) electrons. The van der Waals surface area contributed by atoms with E-state index < -0.39 is 16.4 Å². The summed E-state index contributed by atoms with van der Waals surface area (Å²) in [6.45, 7) is 0. The quantitative estimate of drug-likeness (QED) is 0.435. The van der Waals surface area contributed by atoms with Gasteiger partial charge in [-0.3, -0.25) is 10.1 Å². The molecule has 1 heterocycles. The molecule has 1 aromatic carbocycles. The third-order valence-electron chi connectivity index (χ3n) is 2.25. The van der Waals surface area contributed by atoms with Gasteiger partial charge in [0.2, 0.25) is 11.6 Å². The third kappa shape index (κ3) is 2.72. The van der Waals surface area contributed by atoms with Crippen molar-refractivity contribution in [2.45, 2.75) is 0 Å². The molecule has 4 N–H and O–H groups in total. The van der Waals surface area contributed by atoms with Crippen molar-refractivity contribution in [3.05, 3.63) is 46.5 Å². The van der Waals surface area contributed by atoms with Gasteiger partial charge in [0.15, 0.2) is 0 Å². The van der Waals surface area contributed by atoms with Gasteiger partial charge in [-0.1, -0.05) is 0 Å². The highest BCUT2D eigenvalue weighted by Gasteiger charge is 2.22. The van der Waals surface area contributed by atoms with Crippen LogP contribution in [0, 0.1) is 15.9 Å². The number of hydrogen-bond donors (Lipinski definition) is 3. The lowest BCUT2D eigenvalue weighted by Crippen LogP contribution is -2.12. The fourth-order valence-electron chi connectivity index (χ4n) is 1.42. The number of nitrogens with two attached hydrogens (primary N) is 1. The Hall–Kier alpha value is -2.81. The SMILES string of the molecule is NNc1ncnc(Nc2ccc(F)cc2)c1[N+](=O)[O-]. The molecule has 0 saturated heterocycles. The minimum atomic E-state index is -0.666. The Balaban J connectivity index is 2.39. The number of rotatable bonds is 4. The van der Waals surface area contributed by atoms with E-state index in [2.05, 4.69) is 20.7 Å². The number of nitro groups is 1. The standard InChI is InChI=1S/C10H9FN6O2/c11-6-1-3-7(4-2-6)15-9-8(17(18)19)10(16-12)14-5-13-9/h1-5H,12H2,(H2,13,14,15,16). The summed E-state index contributed by atoms with van der Waals surface area (Å²) < 4.78 is 12.8. The van der Waals surface area contributed by atoms with Crippen LogP contribution in [0.1, 0.15) is 0 Å². The number of benzene rings is 1. The van der Waals surface area contributed by atoms with Crippen LogP contribution in [0.4, 0.5) is 27.4 Å². The van der Waals surface area contributed by atoms with Gasteiger partial charge in [-0.25, -0.2) is 20.2 Å². The highest BCUT2D eigenvalue weighted by molar-refractivity contribution is 5.73. The molecule has 0 bridgehead atoms. The molecule has 0 aliphatic rings. The van der Waals surface area contributed by atoms with Gasteiger partial charge in [0.05, 0.1) is 4.92 Å². The molecule has 9 heteroatoms. The minimum Gasteiger partial charge on any atom is -0.334 e. The summed E-state index contributed by atoms with van der Waals surface area (Å²) in [5.74, 6) is 4.58. The van der Waals surface area contributed by atoms with Crippen molar-refractivity contribution >= 4 is 23.0 Å². The highest BCUT2D eigenvalue weighted by atomic mass is 19.1. The first kappa shape index (κ1) is 12.6. The van der Waals surface area contributed by atoms with Crippen molar-refractivity contribution in [3.8, 4) is 0 Å². The van der Waals surface area contributed by atoms with E-state index in [4.69, 9.17) is 5.84 Å². The second-order valence-electron chi connectivity index (χ2n) is 3.45. The molecule has 0 aliphatic carbocycles. The maximum Gasteiger partial charge on any atom is 0.354 e. The van der Waals surface area contributed by atoms with Gasteiger partial charge in [-0.15, -0.1) is 0 Å². The Morgan fingerprint density at radius 3 is 2.42 bits per heavy atom. The van der Waals surface area contributed by atoms with Gasteiger partial charge in [0.1, 0.15) is 12.1 Å². The second kappa shape index (κ2) is 5.23. The Morgan fingerprint density at radius 2 is 1.84 bits per heavy atom. The number of nitrogens with one attached hydrogen (secondary N) is 2. The van der Waals surface area contributed by atoms with E-state index in [1.54, 1.807) is 0 Å². The maximum absolute atomic E-state index is 12.8. The zero-order valence-electron chi connectivity index (χ0n) is 9.50. The van der Waals surface area contributed by atoms with E-state index in [0.29, 0.717) is 5.69 Å². The molecular formula is C10H9FN6O2. The molecule has 1 aromatic heterocycles. The summed E-state index contributed by atoms with van der Waals surface area (Å²) in [5, 5.41) is 13.7. The number of nitrogens with zero attached hydrogens (tertiary/aromatic N) is 3. The molecule has 0 amide bonds. The lowest BCUT2D eigenvalue weighted by molar-refractivity contribution is -0.383. The zero-order chi connectivity index (χ0) is 13.8. The highest BCUT2D eigenvalue weighted by Crippen LogP contribution is 2.30. The van der Waals surface area contributed by atoms with Crippen LogP contribution in [0.5, 0.6) is 0 Å². The Kier molecular flexibility index (Phi) is 3.48. The fraction of sp³-hybridized carbons (Fsp3) is 0. The molecule has 2 aromatic rings. The van der Waals surface area contributed by atoms with Crippen molar-refractivity contribution < 1.29 is 9.31 Å². The third-order valence-corrected chi connectivity index (χ3v) is 2.25. The van der Waals surface area contributed by atoms with Gasteiger partial charge in [-0.05, 0) is 24.3 Å². The van der Waals surface area contributed by atoms with Gasteiger partial charge >= 0.3 is 5.69 Å². The van der Waals surface area contributed by atoms with Gasteiger partial charge in [0, 0.05) is 5.69 Å². The summed E-state index contributed by atoms with van der Waals surface area (Å²) in [4.78, 5) is 17.7. The first-order chi connectivity index (χ1) is 9.11. The first-order valence-corrected chi connectivity index (χ1v) is 5.10. The van der Waals surface area contributed by atoms with Crippen molar-refractivity contribution in [1.82, 2.24) is 9.97 Å². The summed E-state index contributed by atoms with van der Waals surface area (Å²) in [7, 11) is 0. The van der Waals surface area contributed by atoms with Gasteiger partial charge in [0.25, 0.3) is 0 Å². The summed E-state index contributed by atoms with van der Waals surface area (Å²) in [6.07, 6.45) is 1.12. The van der Waals surface area contributed by atoms with Gasteiger partial charge < -0.3 is 10.7 Å². The van der Waals surface area contributed by atoms with Crippen LogP contribution in [0.25, 0.3) is 0 Å². The molecule has 2 rings (SSSR count). The molecule has 0 atom stereocenters. The molecule has 0 saturated carbocycles. The predicted octanol–water partition coefficient (Wildman–Crippen LogP) is 1.55. The summed E-state index contributed by atoms with van der Waals surface area (Å²) in [5.41, 5.74) is 2.18. The van der Waals surface area contributed by atoms with Crippen molar-refractivity contribution in [1.29, 1.82) is 0 Å². The van der Waals surface area contributed by atoms with Crippen molar-refractivity contribution in [3.63, 3.8) is 0 Å². The zero-order valence-corrected chi connectivity index (χ0v) is 9.50. The Bertz CT molecular complexity index is 603. The monoisotopic (exact) mass is 264 g/mol. The smallest absolute Gasteiger partial charge is 0.334 e. The Morgan fingerprint density at radius 1 is 1.21 bits per heavy atom. The van der Waals surface area contributed by atoms with Crippen molar-refractivity contribution in [2.75, 3.05) is 10.7 Å². The predicted molar refractivity (Wildman–Crippen MR) is 66.2 cm³/mol. The lowest BCUT2D eigenvalue weighted by atomic mass is 10.3. The van der Waals surface area contributed by atoms with Crippen LogP contribution in [-0.2, 0) is 0 Å². The van der Waals surface area contributed by atoms with Gasteiger partial charge in [-0.2, -0.15) is 0 Å². The average molecular weight is 264 g/mol. The number of hydrogen-bond acceptors (Lipinski definition) is 7. The second-order valence-corrected chi connectivity index (χ2v) is 3.45. The van der Waals surface area contributed by atoms with Crippen LogP contribution in [0.3, 0.4) is 0 Å². The van der Waals surface area contributed by atoms with Crippen LogP contribution in [-0.4, -0.2) is 14.9 Å². The minimum absolute atomic E-state index is 0.0421. The lowest BCUT2D eigenvalue weighted by Gasteiger charge is -2.07. The molecule has 19 heavy (non-hydrogen) atoms. The van der Waals surface area contributed by atoms with Crippen LogP contribution < -0.4 is 16.6 Å². The normalized spacial score (nSPS) is 10.0. The Labute approximate surface area is 106 Å². The largest absolute Gasteiger partial charge is 0.354 e. The van der Waals surface area contributed by atoms with E-state index in [0.717, 1.165) is 6.33 Å². The van der Waals surface area contributed by atoms with E-state index in [1.165, 1.54) is 24.3 Å². The van der Waals surface area contributed by atoms with Crippen LogP contribution >= 0.6 is 0 Å². The van der Waals surface area contributed by atoms with Crippen LogP contribution in [0.15, 0.2) is 30.6 Å². The van der Waals surface area contributed by atoms with E-state index in [9.17, 15) is 14.5 Å². The molecule has 0 fully saturated rings. The van der Waals surface area contributed by atoms with E-state index in [1.807, 2.05) is 0 Å². The molecular weight excluding hydrogens is 255 g/mol. The number of aromatic nitrogens is 2. The first-order valence-electron chi connectivity index (χ1n) is 5.10. The summed E-state index contributed by atoms with van der Waals surface area (Å²) >= 11 is 0. The molecule has 98 valence electrons.